The van der Waals surface area contributed by atoms with E-state index >= 15 is 0 Å². The number of hydrogen-bond acceptors (Lipinski definition) is 4. The van der Waals surface area contributed by atoms with Crippen LogP contribution in [0.1, 0.15) is 24.3 Å². The fraction of sp³-hybridized carbons (Fsp3) is 0.267. The second-order valence-electron chi connectivity index (χ2n) is 5.12. The summed E-state index contributed by atoms with van der Waals surface area (Å²) in [4.78, 5) is 20.3. The minimum absolute atomic E-state index is 0.228. The molecule has 0 unspecified atom stereocenters. The van der Waals surface area contributed by atoms with E-state index in [2.05, 4.69) is 20.6 Å². The lowest BCUT2D eigenvalue weighted by Crippen LogP contribution is -2.28. The molecule has 0 aliphatic heterocycles. The van der Waals surface area contributed by atoms with E-state index in [9.17, 15) is 4.79 Å². The van der Waals surface area contributed by atoms with Gasteiger partial charge in [0, 0.05) is 18.4 Å². The zero-order valence-corrected chi connectivity index (χ0v) is 13.7. The lowest BCUT2D eigenvalue weighted by Gasteiger charge is -2.09. The number of aromatic nitrogens is 2. The second kappa shape index (κ2) is 7.42. The predicted octanol–water partition coefficient (Wildman–Crippen LogP) is 3.91. The second-order valence-corrected chi connectivity index (χ2v) is 5.94. The fourth-order valence-electron chi connectivity index (χ4n) is 1.64. The van der Waals surface area contributed by atoms with Gasteiger partial charge in [0.15, 0.2) is 0 Å². The number of benzene rings is 1. The van der Waals surface area contributed by atoms with Gasteiger partial charge in [-0.1, -0.05) is 37.0 Å². The average Bonchev–Trinajstić information content (AvgIpc) is 2.49. The monoisotopic (exact) mass is 338 g/mol. The van der Waals surface area contributed by atoms with Gasteiger partial charge in [0.1, 0.15) is 5.69 Å². The quantitative estimate of drug-likeness (QED) is 0.867. The van der Waals surface area contributed by atoms with Crippen LogP contribution in [0.3, 0.4) is 0 Å². The van der Waals surface area contributed by atoms with E-state index in [1.165, 1.54) is 6.20 Å². The largest absolute Gasteiger partial charge is 0.350 e. The summed E-state index contributed by atoms with van der Waals surface area (Å²) in [5, 5.41) is 6.69. The summed E-state index contributed by atoms with van der Waals surface area (Å²) in [5.74, 6) is 0.462. The lowest BCUT2D eigenvalue weighted by molar-refractivity contribution is 0.0944. The summed E-state index contributed by atoms with van der Waals surface area (Å²) in [6.45, 7) is 4.65. The summed E-state index contributed by atoms with van der Waals surface area (Å²) in [5.41, 5.74) is 0.993. The fourth-order valence-corrected chi connectivity index (χ4v) is 1.93. The Hall–Kier alpha value is -1.85. The van der Waals surface area contributed by atoms with Crippen LogP contribution in [0.5, 0.6) is 0 Å². The molecule has 5 nitrogen and oxygen atoms in total. The first-order chi connectivity index (χ1) is 10.5. The van der Waals surface area contributed by atoms with Crippen LogP contribution >= 0.6 is 23.2 Å². The molecule has 2 rings (SSSR count). The molecule has 1 aromatic heterocycles. The smallest absolute Gasteiger partial charge is 0.270 e. The molecule has 0 atom stereocenters. The molecule has 116 valence electrons. The van der Waals surface area contributed by atoms with Crippen molar-refractivity contribution < 1.29 is 4.79 Å². The molecule has 2 N–H and O–H groups in total. The van der Waals surface area contributed by atoms with E-state index in [0.717, 1.165) is 0 Å². The van der Waals surface area contributed by atoms with Crippen molar-refractivity contribution in [2.24, 2.45) is 5.92 Å². The summed E-state index contributed by atoms with van der Waals surface area (Å²) in [6.07, 6.45) is 1.52. The van der Waals surface area contributed by atoms with E-state index < -0.39 is 0 Å². The summed E-state index contributed by atoms with van der Waals surface area (Å²) in [7, 11) is 0. The molecule has 0 fully saturated rings. The van der Waals surface area contributed by atoms with Crippen LogP contribution in [-0.2, 0) is 0 Å². The van der Waals surface area contributed by atoms with Crippen LogP contribution in [-0.4, -0.2) is 22.4 Å². The molecule has 1 aromatic carbocycles. The number of hydrogen-bond donors (Lipinski definition) is 2. The SMILES string of the molecule is CC(C)CNC(=O)c1ccnc(Nc2ccc(Cl)c(Cl)c2)n1. The summed E-state index contributed by atoms with van der Waals surface area (Å²) in [6, 6.07) is 6.66. The third-order valence-corrected chi connectivity index (χ3v) is 3.47. The number of halogens is 2. The summed E-state index contributed by atoms with van der Waals surface area (Å²) >= 11 is 11.8. The van der Waals surface area contributed by atoms with Crippen LogP contribution in [0, 0.1) is 5.92 Å². The maximum Gasteiger partial charge on any atom is 0.270 e. The molecular weight excluding hydrogens is 323 g/mol. The van der Waals surface area contributed by atoms with Crippen molar-refractivity contribution in [3.8, 4) is 0 Å². The molecule has 1 heterocycles. The predicted molar refractivity (Wildman–Crippen MR) is 88.9 cm³/mol. The van der Waals surface area contributed by atoms with E-state index in [1.54, 1.807) is 24.3 Å². The Kier molecular flexibility index (Phi) is 5.57. The number of carbonyl (C=O) groups excluding carboxylic acids is 1. The van der Waals surface area contributed by atoms with Gasteiger partial charge in [-0.25, -0.2) is 9.97 Å². The van der Waals surface area contributed by atoms with Crippen molar-refractivity contribution in [1.29, 1.82) is 0 Å². The third-order valence-electron chi connectivity index (χ3n) is 2.73. The zero-order valence-electron chi connectivity index (χ0n) is 12.2. The summed E-state index contributed by atoms with van der Waals surface area (Å²) < 4.78 is 0. The molecule has 0 bridgehead atoms. The van der Waals surface area contributed by atoms with E-state index in [4.69, 9.17) is 23.2 Å². The first-order valence-corrected chi connectivity index (χ1v) is 7.54. The Labute approximate surface area is 139 Å². The highest BCUT2D eigenvalue weighted by molar-refractivity contribution is 6.42. The number of anilines is 2. The van der Waals surface area contributed by atoms with Crippen LogP contribution in [0.4, 0.5) is 11.6 Å². The van der Waals surface area contributed by atoms with Crippen LogP contribution in [0.15, 0.2) is 30.5 Å². The number of amides is 1. The standard InChI is InChI=1S/C15H16Cl2N4O/c1-9(2)8-19-14(22)13-5-6-18-15(21-13)20-10-3-4-11(16)12(17)7-10/h3-7,9H,8H2,1-2H3,(H,19,22)(H,18,20,21). The Morgan fingerprint density at radius 3 is 2.68 bits per heavy atom. The molecule has 0 aliphatic rings. The van der Waals surface area contributed by atoms with Crippen LogP contribution in [0.2, 0.25) is 10.0 Å². The van der Waals surface area contributed by atoms with Gasteiger partial charge in [0.05, 0.1) is 10.0 Å². The van der Waals surface area contributed by atoms with E-state index in [1.807, 2.05) is 13.8 Å². The maximum absolute atomic E-state index is 12.0. The number of nitrogens with one attached hydrogen (secondary N) is 2. The third kappa shape index (κ3) is 4.58. The number of carbonyl (C=O) groups is 1. The van der Waals surface area contributed by atoms with Crippen molar-refractivity contribution in [3.05, 3.63) is 46.2 Å². The van der Waals surface area contributed by atoms with Gasteiger partial charge in [0.2, 0.25) is 5.95 Å². The van der Waals surface area contributed by atoms with Gasteiger partial charge in [-0.2, -0.15) is 0 Å². The van der Waals surface area contributed by atoms with Crippen molar-refractivity contribution >= 4 is 40.7 Å². The highest BCUT2D eigenvalue weighted by Gasteiger charge is 2.09. The first kappa shape index (κ1) is 16.5. The molecule has 0 saturated heterocycles. The van der Waals surface area contributed by atoms with Crippen molar-refractivity contribution in [2.45, 2.75) is 13.8 Å². The normalized spacial score (nSPS) is 10.6. The Morgan fingerprint density at radius 2 is 2.00 bits per heavy atom. The molecule has 0 saturated carbocycles. The molecule has 0 radical (unpaired) electrons. The minimum atomic E-state index is -0.228. The van der Waals surface area contributed by atoms with Crippen molar-refractivity contribution in [3.63, 3.8) is 0 Å². The van der Waals surface area contributed by atoms with Crippen LogP contribution < -0.4 is 10.6 Å². The van der Waals surface area contributed by atoms with Gasteiger partial charge >= 0.3 is 0 Å². The Balaban J connectivity index is 2.10. The van der Waals surface area contributed by atoms with Gasteiger partial charge in [-0.3, -0.25) is 4.79 Å². The Morgan fingerprint density at radius 1 is 1.23 bits per heavy atom. The molecule has 7 heteroatoms. The molecule has 0 spiro atoms. The van der Waals surface area contributed by atoms with Gasteiger partial charge in [-0.15, -0.1) is 0 Å². The number of rotatable bonds is 5. The molecule has 0 aliphatic carbocycles. The topological polar surface area (TPSA) is 66.9 Å². The van der Waals surface area contributed by atoms with E-state index in [0.29, 0.717) is 39.8 Å². The maximum atomic E-state index is 12.0. The van der Waals surface area contributed by atoms with Crippen LogP contribution in [0.25, 0.3) is 0 Å². The zero-order chi connectivity index (χ0) is 16.1. The van der Waals surface area contributed by atoms with Crippen molar-refractivity contribution in [1.82, 2.24) is 15.3 Å². The first-order valence-electron chi connectivity index (χ1n) is 6.79. The molecule has 22 heavy (non-hydrogen) atoms. The average molecular weight is 339 g/mol. The molecule has 1 amide bonds. The highest BCUT2D eigenvalue weighted by atomic mass is 35.5. The molecule has 2 aromatic rings. The van der Waals surface area contributed by atoms with Crippen molar-refractivity contribution in [2.75, 3.05) is 11.9 Å². The highest BCUT2D eigenvalue weighted by Crippen LogP contribution is 2.26. The molecular formula is C15H16Cl2N4O. The van der Waals surface area contributed by atoms with Gasteiger partial charge in [0.25, 0.3) is 5.91 Å². The number of nitrogens with zero attached hydrogens (tertiary/aromatic N) is 2. The van der Waals surface area contributed by atoms with E-state index in [-0.39, 0.29) is 5.91 Å². The Bertz CT molecular complexity index is 676. The lowest BCUT2D eigenvalue weighted by atomic mass is 10.2. The van der Waals surface area contributed by atoms with Gasteiger partial charge in [-0.05, 0) is 30.2 Å². The minimum Gasteiger partial charge on any atom is -0.350 e. The van der Waals surface area contributed by atoms with Gasteiger partial charge < -0.3 is 10.6 Å².